The van der Waals surface area contributed by atoms with Crippen molar-refractivity contribution in [3.05, 3.63) is 42.5 Å². The van der Waals surface area contributed by atoms with Crippen LogP contribution in [0.25, 0.3) is 11.0 Å². The zero-order chi connectivity index (χ0) is 19.7. The normalized spacial score (nSPS) is 15.5. The molecular weight excluding hydrogens is 356 g/mol. The van der Waals surface area contributed by atoms with E-state index in [0.29, 0.717) is 25.6 Å². The first-order valence-electron chi connectivity index (χ1n) is 9.22. The Hall–Kier alpha value is -3.36. The third-order valence-corrected chi connectivity index (χ3v) is 5.02. The molecule has 2 aromatic heterocycles. The number of nitrogens with zero attached hydrogens (tertiary/aromatic N) is 7. The van der Waals surface area contributed by atoms with Gasteiger partial charge in [-0.15, -0.1) is 0 Å². The van der Waals surface area contributed by atoms with Gasteiger partial charge >= 0.3 is 0 Å². The maximum absolute atomic E-state index is 12.6. The largest absolute Gasteiger partial charge is 0.349 e. The topological polar surface area (TPSA) is 83.6 Å². The summed E-state index contributed by atoms with van der Waals surface area (Å²) in [7, 11) is 5.58. The Labute approximate surface area is 163 Å². The Bertz CT molecular complexity index is 1030. The highest BCUT2D eigenvalue weighted by atomic mass is 16.2. The molecule has 1 aliphatic rings. The molecule has 0 unspecified atom stereocenters. The van der Waals surface area contributed by atoms with Crippen molar-refractivity contribution in [2.24, 2.45) is 19.1 Å². The second kappa shape index (κ2) is 7.34. The van der Waals surface area contributed by atoms with Crippen molar-refractivity contribution in [1.82, 2.24) is 29.5 Å². The van der Waals surface area contributed by atoms with Gasteiger partial charge in [0, 0.05) is 40.4 Å². The van der Waals surface area contributed by atoms with Gasteiger partial charge in [0.25, 0.3) is 0 Å². The summed E-state index contributed by atoms with van der Waals surface area (Å²) in [5, 5.41) is 7.49. The number of benzene rings is 1. The van der Waals surface area contributed by atoms with E-state index in [4.69, 9.17) is 0 Å². The molecule has 146 valence electrons. The molecule has 4 rings (SSSR count). The number of rotatable bonds is 3. The number of nitrogens with one attached hydrogen (secondary N) is 1. The van der Waals surface area contributed by atoms with Gasteiger partial charge in [-0.1, -0.05) is 12.1 Å². The Morgan fingerprint density at radius 2 is 2.07 bits per heavy atom. The van der Waals surface area contributed by atoms with E-state index < -0.39 is 0 Å². The zero-order valence-corrected chi connectivity index (χ0v) is 16.3. The summed E-state index contributed by atoms with van der Waals surface area (Å²) < 4.78 is 3.77. The van der Waals surface area contributed by atoms with Crippen LogP contribution >= 0.6 is 0 Å². The van der Waals surface area contributed by atoms with E-state index in [9.17, 15) is 4.79 Å². The quantitative estimate of drug-likeness (QED) is 0.535. The molecule has 0 saturated carbocycles. The van der Waals surface area contributed by atoms with Crippen LogP contribution in [0, 0.1) is 0 Å². The lowest BCUT2D eigenvalue weighted by Crippen LogP contribution is -2.55. The van der Waals surface area contributed by atoms with Crippen LogP contribution in [0.5, 0.6) is 0 Å². The highest BCUT2D eigenvalue weighted by Gasteiger charge is 2.27. The molecule has 1 amide bonds. The molecule has 0 atom stereocenters. The monoisotopic (exact) mass is 380 g/mol. The maximum Gasteiger partial charge on any atom is 0.246 e. The van der Waals surface area contributed by atoms with Crippen LogP contribution in [0.4, 0.5) is 5.69 Å². The van der Waals surface area contributed by atoms with Crippen molar-refractivity contribution in [1.29, 1.82) is 0 Å². The van der Waals surface area contributed by atoms with Crippen LogP contribution < -0.4 is 10.2 Å². The number of amides is 1. The number of carbonyl (C=O) groups is 1. The molecule has 0 radical (unpaired) electrons. The average molecular weight is 380 g/mol. The summed E-state index contributed by atoms with van der Waals surface area (Å²) in [6.45, 7) is 2.10. The first-order valence-corrected chi connectivity index (χ1v) is 9.22. The highest BCUT2D eigenvalue weighted by molar-refractivity contribution is 5.98. The summed E-state index contributed by atoms with van der Waals surface area (Å²) in [5.41, 5.74) is 2.89. The van der Waals surface area contributed by atoms with Gasteiger partial charge in [0.2, 0.25) is 5.91 Å². The second-order valence-corrected chi connectivity index (χ2v) is 6.82. The van der Waals surface area contributed by atoms with Gasteiger partial charge in [-0.2, -0.15) is 5.10 Å². The number of hydrogen-bond acceptors (Lipinski definition) is 4. The van der Waals surface area contributed by atoms with Gasteiger partial charge in [-0.05, 0) is 12.1 Å². The molecule has 9 nitrogen and oxygen atoms in total. The fourth-order valence-corrected chi connectivity index (χ4v) is 3.52. The van der Waals surface area contributed by atoms with E-state index in [1.165, 1.54) is 0 Å². The van der Waals surface area contributed by atoms with Crippen LogP contribution in [0.15, 0.2) is 41.7 Å². The molecule has 1 aliphatic heterocycles. The van der Waals surface area contributed by atoms with Crippen molar-refractivity contribution in [3.63, 3.8) is 0 Å². The number of para-hydroxylation sites is 2. The van der Waals surface area contributed by atoms with Gasteiger partial charge in [0.1, 0.15) is 12.4 Å². The average Bonchev–Trinajstić information content (AvgIpc) is 3.26. The van der Waals surface area contributed by atoms with E-state index in [1.54, 1.807) is 22.8 Å². The highest BCUT2D eigenvalue weighted by Crippen LogP contribution is 2.17. The van der Waals surface area contributed by atoms with Crippen LogP contribution in [0.2, 0.25) is 0 Å². The number of carbonyl (C=O) groups excluding carboxylic acids is 1. The van der Waals surface area contributed by atoms with Crippen molar-refractivity contribution in [3.8, 4) is 0 Å². The molecule has 28 heavy (non-hydrogen) atoms. The zero-order valence-electron chi connectivity index (χ0n) is 16.3. The van der Waals surface area contributed by atoms with Gasteiger partial charge in [0.15, 0.2) is 5.96 Å². The molecule has 1 N–H and O–H groups in total. The first kappa shape index (κ1) is 18.0. The second-order valence-electron chi connectivity index (χ2n) is 6.82. The third-order valence-electron chi connectivity index (χ3n) is 5.02. The lowest BCUT2D eigenvalue weighted by Gasteiger charge is -2.35. The Balaban J connectivity index is 1.42. The van der Waals surface area contributed by atoms with Crippen LogP contribution in [0.3, 0.4) is 0 Å². The Morgan fingerprint density at radius 1 is 1.25 bits per heavy atom. The fourth-order valence-electron chi connectivity index (χ4n) is 3.52. The fraction of sp³-hybridized carbons (Fsp3) is 0.368. The number of fused-ring (bicyclic) bond motifs is 1. The molecule has 0 spiro atoms. The van der Waals surface area contributed by atoms with Crippen LogP contribution in [0.1, 0.15) is 5.82 Å². The van der Waals surface area contributed by atoms with Gasteiger partial charge in [-0.3, -0.25) is 14.5 Å². The van der Waals surface area contributed by atoms with E-state index in [1.807, 2.05) is 43.4 Å². The molecule has 1 saturated heterocycles. The smallest absolute Gasteiger partial charge is 0.246 e. The SMILES string of the molecule is CN=C(NCc1nc2ccccc2n1C)N1CCN(c2cnn(C)c2)C(=O)C1. The Kier molecular flexibility index (Phi) is 4.72. The minimum atomic E-state index is 0.0323. The van der Waals surface area contributed by atoms with Crippen molar-refractivity contribution in [2.45, 2.75) is 6.54 Å². The lowest BCUT2D eigenvalue weighted by atomic mass is 10.3. The van der Waals surface area contributed by atoms with E-state index in [-0.39, 0.29) is 12.5 Å². The van der Waals surface area contributed by atoms with Gasteiger partial charge < -0.3 is 19.7 Å². The van der Waals surface area contributed by atoms with E-state index >= 15 is 0 Å². The van der Waals surface area contributed by atoms with E-state index in [2.05, 4.69) is 31.0 Å². The summed E-state index contributed by atoms with van der Waals surface area (Å²) >= 11 is 0. The third kappa shape index (κ3) is 3.30. The summed E-state index contributed by atoms with van der Waals surface area (Å²) in [5.74, 6) is 1.65. The van der Waals surface area contributed by atoms with Crippen molar-refractivity contribution >= 4 is 28.6 Å². The standard InChI is InChI=1S/C19H24N8O/c1-20-19(21-11-17-23-15-6-4-5-7-16(15)25(17)3)26-8-9-27(18(28)13-26)14-10-22-24(2)12-14/h4-7,10,12H,8-9,11,13H2,1-3H3,(H,20,21). The molecule has 9 heteroatoms. The molecule has 1 aromatic carbocycles. The first-order chi connectivity index (χ1) is 13.6. The Morgan fingerprint density at radius 3 is 2.75 bits per heavy atom. The predicted molar refractivity (Wildman–Crippen MR) is 108 cm³/mol. The molecular formula is C19H24N8O. The lowest BCUT2D eigenvalue weighted by molar-refractivity contribution is -0.120. The molecule has 3 heterocycles. The van der Waals surface area contributed by atoms with Gasteiger partial charge in [-0.25, -0.2) is 4.98 Å². The maximum atomic E-state index is 12.6. The summed E-state index contributed by atoms with van der Waals surface area (Å²) in [6, 6.07) is 8.05. The van der Waals surface area contributed by atoms with Crippen molar-refractivity contribution < 1.29 is 4.79 Å². The summed E-state index contributed by atoms with van der Waals surface area (Å²) in [4.78, 5) is 25.4. The number of anilines is 1. The summed E-state index contributed by atoms with van der Waals surface area (Å²) in [6.07, 6.45) is 3.57. The predicted octanol–water partition coefficient (Wildman–Crippen LogP) is 0.731. The molecule has 0 bridgehead atoms. The van der Waals surface area contributed by atoms with Crippen LogP contribution in [-0.2, 0) is 25.4 Å². The number of aliphatic imine (C=N–C) groups is 1. The minimum Gasteiger partial charge on any atom is -0.349 e. The number of piperazine rings is 1. The number of imidazole rings is 1. The molecule has 1 fully saturated rings. The molecule has 3 aromatic rings. The number of guanidine groups is 1. The van der Waals surface area contributed by atoms with Gasteiger partial charge in [0.05, 0.1) is 29.5 Å². The minimum absolute atomic E-state index is 0.0323. The van der Waals surface area contributed by atoms with Crippen LogP contribution in [-0.4, -0.2) is 62.8 Å². The van der Waals surface area contributed by atoms with E-state index in [0.717, 1.165) is 22.5 Å². The molecule has 0 aliphatic carbocycles. The number of aryl methyl sites for hydroxylation is 2. The number of aromatic nitrogens is 4. The number of hydrogen-bond donors (Lipinski definition) is 1. The van der Waals surface area contributed by atoms with Crippen molar-refractivity contribution in [2.75, 3.05) is 31.6 Å².